The lowest BCUT2D eigenvalue weighted by atomic mass is 9.92. The monoisotopic (exact) mass is 500 g/mol. The molecule has 3 rings (SSSR count). The Hall–Kier alpha value is -3.55. The van der Waals surface area contributed by atoms with Gasteiger partial charge in [-0.1, -0.05) is 64.8 Å². The molecule has 0 saturated carbocycles. The van der Waals surface area contributed by atoms with E-state index in [1.165, 1.54) is 12.1 Å². The minimum Gasteiger partial charge on any atom is -0.496 e. The van der Waals surface area contributed by atoms with Crippen molar-refractivity contribution >= 4 is 40.8 Å². The normalized spacial score (nSPS) is 12.2. The van der Waals surface area contributed by atoms with E-state index in [0.717, 1.165) is 11.1 Å². The van der Waals surface area contributed by atoms with Crippen LogP contribution in [0.5, 0.6) is 5.75 Å². The predicted molar refractivity (Wildman–Crippen MR) is 131 cm³/mol. The van der Waals surface area contributed by atoms with Crippen LogP contribution in [0, 0.1) is 0 Å². The first-order valence-electron chi connectivity index (χ1n) is 10.2. The summed E-state index contributed by atoms with van der Waals surface area (Å²) in [4.78, 5) is 24.6. The summed E-state index contributed by atoms with van der Waals surface area (Å²) in [6.07, 6.45) is -0.0267. The van der Waals surface area contributed by atoms with Gasteiger partial charge in [-0.3, -0.25) is 4.79 Å². The lowest BCUT2D eigenvalue weighted by Gasteiger charge is -2.18. The number of hydrogen-bond donors (Lipinski definition) is 3. The Kier molecular flexibility index (Phi) is 8.15. The molecule has 7 nitrogen and oxygen atoms in total. The summed E-state index contributed by atoms with van der Waals surface area (Å²) in [5.74, 6) is -1.28. The van der Waals surface area contributed by atoms with Crippen molar-refractivity contribution in [3.8, 4) is 16.9 Å². The van der Waals surface area contributed by atoms with E-state index in [1.807, 2.05) is 24.3 Å². The van der Waals surface area contributed by atoms with Gasteiger partial charge in [0.15, 0.2) is 0 Å². The number of carboxylic acids is 1. The van der Waals surface area contributed by atoms with Gasteiger partial charge in [0.1, 0.15) is 11.8 Å². The van der Waals surface area contributed by atoms with Crippen LogP contribution in [-0.4, -0.2) is 41.1 Å². The summed E-state index contributed by atoms with van der Waals surface area (Å²) in [7, 11) is 1.56. The first-order chi connectivity index (χ1) is 16.3. The smallest absolute Gasteiger partial charge is 0.326 e. The number of para-hydroxylation sites is 1. The second kappa shape index (κ2) is 11.0. The number of carboxylic acid groups (broad SMARTS) is 1. The predicted octanol–water partition coefficient (Wildman–Crippen LogP) is 5.29. The van der Waals surface area contributed by atoms with E-state index in [9.17, 15) is 19.9 Å². The van der Waals surface area contributed by atoms with Crippen LogP contribution in [0.1, 0.15) is 28.4 Å². The van der Waals surface area contributed by atoms with Crippen molar-refractivity contribution in [3.05, 3.63) is 87.4 Å². The van der Waals surface area contributed by atoms with Crippen molar-refractivity contribution in [2.75, 3.05) is 7.11 Å². The van der Waals surface area contributed by atoms with Crippen LogP contribution in [0.15, 0.2) is 65.8 Å². The summed E-state index contributed by atoms with van der Waals surface area (Å²) >= 11 is 12.2. The highest BCUT2D eigenvalue weighted by molar-refractivity contribution is 6.39. The molecule has 0 aromatic heterocycles. The number of methoxy groups -OCH3 is 1. The van der Waals surface area contributed by atoms with Crippen molar-refractivity contribution in [2.45, 2.75) is 19.4 Å². The van der Waals surface area contributed by atoms with Gasteiger partial charge in [0.05, 0.1) is 28.4 Å². The number of hydrogen-bond acceptors (Lipinski definition) is 5. The molecule has 3 N–H and O–H groups in total. The second-order valence-electron chi connectivity index (χ2n) is 7.43. The highest BCUT2D eigenvalue weighted by Crippen LogP contribution is 2.33. The molecule has 0 unspecified atom stereocenters. The molecule has 9 heteroatoms. The standard InChI is InChI=1S/C25H22Cl2N2O5/c1-14(29-33)18-12-15(10-11-16(18)17-6-3-4-9-22(17)34-2)13-21(25(31)32)28-24(30)23-19(26)7-5-8-20(23)27/h3-12,21,33H,13H2,1-2H3,(H,28,30)(H,31,32)/t21-/m0/s1. The molecule has 0 bridgehead atoms. The van der Waals surface area contributed by atoms with Gasteiger partial charge in [-0.2, -0.15) is 0 Å². The third-order valence-electron chi connectivity index (χ3n) is 5.25. The Morgan fingerprint density at radius 1 is 1.03 bits per heavy atom. The molecule has 0 heterocycles. The summed E-state index contributed by atoms with van der Waals surface area (Å²) in [5.41, 5.74) is 3.07. The molecule has 0 fully saturated rings. The molecule has 0 aliphatic heterocycles. The van der Waals surface area contributed by atoms with Crippen LogP contribution in [0.25, 0.3) is 11.1 Å². The van der Waals surface area contributed by atoms with Crippen LogP contribution >= 0.6 is 23.2 Å². The minimum atomic E-state index is -1.25. The fraction of sp³-hybridized carbons (Fsp3) is 0.160. The number of ether oxygens (including phenoxy) is 1. The molecule has 34 heavy (non-hydrogen) atoms. The van der Waals surface area contributed by atoms with Gasteiger partial charge in [-0.05, 0) is 42.3 Å². The van der Waals surface area contributed by atoms with Crippen LogP contribution in [-0.2, 0) is 11.2 Å². The van der Waals surface area contributed by atoms with Crippen LogP contribution in [0.3, 0.4) is 0 Å². The van der Waals surface area contributed by atoms with Gasteiger partial charge < -0.3 is 20.4 Å². The van der Waals surface area contributed by atoms with Crippen molar-refractivity contribution in [3.63, 3.8) is 0 Å². The van der Waals surface area contributed by atoms with E-state index >= 15 is 0 Å². The Balaban J connectivity index is 1.95. The summed E-state index contributed by atoms with van der Waals surface area (Å²) in [6, 6.07) is 16.0. The maximum Gasteiger partial charge on any atom is 0.326 e. The van der Waals surface area contributed by atoms with E-state index in [0.29, 0.717) is 22.6 Å². The number of carbonyl (C=O) groups excluding carboxylic acids is 1. The van der Waals surface area contributed by atoms with Crippen molar-refractivity contribution < 1.29 is 24.6 Å². The molecule has 0 aliphatic rings. The zero-order valence-corrected chi connectivity index (χ0v) is 19.9. The topological polar surface area (TPSA) is 108 Å². The molecule has 3 aromatic rings. The number of oxime groups is 1. The number of benzene rings is 3. The van der Waals surface area contributed by atoms with Gasteiger partial charge in [-0.15, -0.1) is 0 Å². The summed E-state index contributed by atoms with van der Waals surface area (Å²) in [5, 5.41) is 25.2. The number of nitrogens with zero attached hydrogens (tertiary/aromatic N) is 1. The molecular weight excluding hydrogens is 479 g/mol. The van der Waals surface area contributed by atoms with Crippen LogP contribution in [0.2, 0.25) is 10.0 Å². The third kappa shape index (κ3) is 5.50. The molecule has 1 amide bonds. The summed E-state index contributed by atoms with van der Waals surface area (Å²) < 4.78 is 5.45. The molecule has 176 valence electrons. The zero-order valence-electron chi connectivity index (χ0n) is 18.4. The number of amides is 1. The Morgan fingerprint density at radius 3 is 2.32 bits per heavy atom. The lowest BCUT2D eigenvalue weighted by Crippen LogP contribution is -2.42. The molecule has 0 spiro atoms. The highest BCUT2D eigenvalue weighted by Gasteiger charge is 2.24. The van der Waals surface area contributed by atoms with Crippen LogP contribution < -0.4 is 10.1 Å². The number of rotatable bonds is 8. The van der Waals surface area contributed by atoms with E-state index in [1.54, 1.807) is 38.3 Å². The fourth-order valence-electron chi connectivity index (χ4n) is 3.55. The van der Waals surface area contributed by atoms with Crippen LogP contribution in [0.4, 0.5) is 0 Å². The maximum absolute atomic E-state index is 12.7. The summed E-state index contributed by atoms with van der Waals surface area (Å²) in [6.45, 7) is 1.63. The Labute approximate surface area is 206 Å². The van der Waals surface area contributed by atoms with Crippen molar-refractivity contribution in [1.82, 2.24) is 5.32 Å². The number of carbonyl (C=O) groups is 2. The van der Waals surface area contributed by atoms with Gasteiger partial charge in [0.2, 0.25) is 0 Å². The van der Waals surface area contributed by atoms with E-state index in [-0.39, 0.29) is 22.0 Å². The van der Waals surface area contributed by atoms with E-state index < -0.39 is 17.9 Å². The van der Waals surface area contributed by atoms with E-state index in [2.05, 4.69) is 10.5 Å². The Bertz CT molecular complexity index is 1240. The molecular formula is C25H22Cl2N2O5. The average molecular weight is 501 g/mol. The van der Waals surface area contributed by atoms with Gasteiger partial charge in [0.25, 0.3) is 5.91 Å². The molecule has 1 atom stereocenters. The number of halogens is 2. The third-order valence-corrected chi connectivity index (χ3v) is 5.88. The largest absolute Gasteiger partial charge is 0.496 e. The van der Waals surface area contributed by atoms with Crippen molar-refractivity contribution in [1.29, 1.82) is 0 Å². The molecule has 0 saturated heterocycles. The van der Waals surface area contributed by atoms with E-state index in [4.69, 9.17) is 27.9 Å². The quantitative estimate of drug-likeness (QED) is 0.221. The first-order valence-corrected chi connectivity index (χ1v) is 11.0. The lowest BCUT2D eigenvalue weighted by molar-refractivity contribution is -0.139. The highest BCUT2D eigenvalue weighted by atomic mass is 35.5. The maximum atomic E-state index is 12.7. The fourth-order valence-corrected chi connectivity index (χ4v) is 4.12. The first kappa shape index (κ1) is 25.1. The SMILES string of the molecule is COc1ccccc1-c1ccc(C[C@H](NC(=O)c2c(Cl)cccc2Cl)C(=O)O)cc1C(C)=NO. The molecule has 3 aromatic carbocycles. The van der Waals surface area contributed by atoms with Crippen molar-refractivity contribution in [2.24, 2.45) is 5.16 Å². The number of aliphatic carboxylic acids is 1. The number of nitrogens with one attached hydrogen (secondary N) is 1. The molecule has 0 aliphatic carbocycles. The average Bonchev–Trinajstić information content (AvgIpc) is 2.82. The second-order valence-corrected chi connectivity index (χ2v) is 8.25. The zero-order chi connectivity index (χ0) is 24.8. The minimum absolute atomic E-state index is 0.00699. The molecule has 0 radical (unpaired) electrons. The van der Waals surface area contributed by atoms with Gasteiger partial charge in [-0.25, -0.2) is 4.79 Å². The van der Waals surface area contributed by atoms with Gasteiger partial charge in [0, 0.05) is 17.5 Å². The Morgan fingerprint density at radius 2 is 1.71 bits per heavy atom. The van der Waals surface area contributed by atoms with Gasteiger partial charge >= 0.3 is 5.97 Å².